The molecule has 4 rings (SSSR count). The van der Waals surface area contributed by atoms with Crippen LogP contribution in [0.5, 0.6) is 0 Å². The average molecular weight is 573 g/mol. The molecule has 0 saturated carbocycles. The second kappa shape index (κ2) is 10.6. The Morgan fingerprint density at radius 2 is 1.00 bits per heavy atom. The molecule has 0 bridgehead atoms. The van der Waals surface area contributed by atoms with E-state index in [1.54, 1.807) is 36.7 Å². The third kappa shape index (κ3) is 6.04. The van der Waals surface area contributed by atoms with Crippen LogP contribution in [0.2, 0.25) is 0 Å². The smallest absolute Gasteiger partial charge is 0.124 e. The monoisotopic (exact) mass is 573 g/mol. The van der Waals surface area contributed by atoms with Crippen LogP contribution in [-0.4, -0.2) is 9.97 Å². The molecule has 0 N–H and O–H groups in total. The van der Waals surface area contributed by atoms with Crippen LogP contribution >= 0.6 is 0 Å². The summed E-state index contributed by atoms with van der Waals surface area (Å²) in [6.07, 6.45) is 8.36. The Morgan fingerprint density at radius 3 is 1.31 bits per heavy atom. The van der Waals surface area contributed by atoms with Crippen LogP contribution < -0.4 is 0 Å². The van der Waals surface area contributed by atoms with Crippen molar-refractivity contribution in [2.75, 3.05) is 0 Å². The molecule has 2 aromatic heterocycles. The first kappa shape index (κ1) is 22.4. The van der Waals surface area contributed by atoms with Crippen molar-refractivity contribution in [3.05, 3.63) is 109 Å². The molecule has 2 nitrogen and oxygen atoms in total. The number of benzene rings is 2. The van der Waals surface area contributed by atoms with E-state index in [1.165, 1.54) is 24.3 Å². The molecule has 1 radical (unpaired) electrons. The molecule has 0 spiro atoms. The first-order valence-corrected chi connectivity index (χ1v) is 8.11. The second-order valence-corrected chi connectivity index (χ2v) is 5.57. The molecule has 2 aromatic carbocycles. The van der Waals surface area contributed by atoms with Crippen molar-refractivity contribution in [1.82, 2.24) is 9.97 Å². The van der Waals surface area contributed by atoms with E-state index in [2.05, 4.69) is 22.4 Å². The molecular weight excluding hydrogens is 560 g/mol. The summed E-state index contributed by atoms with van der Waals surface area (Å²) in [5.74, 6) is -2.38. The molecule has 0 saturated heterocycles. The van der Waals surface area contributed by atoms with E-state index in [0.29, 0.717) is 22.3 Å². The Labute approximate surface area is 178 Å². The van der Waals surface area contributed by atoms with Crippen LogP contribution in [-0.2, 0) is 20.1 Å². The standard InChI is InChI=1S/2C11H6F2N.Ir/c2*12-9-3-4-10(11(13)6-9)8-2-1-5-14-7-8;/h2*1-6H;/q2*-1;. The molecule has 0 aliphatic rings. The van der Waals surface area contributed by atoms with E-state index < -0.39 is 23.3 Å². The van der Waals surface area contributed by atoms with Crippen molar-refractivity contribution in [1.29, 1.82) is 0 Å². The van der Waals surface area contributed by atoms with Crippen molar-refractivity contribution >= 4 is 0 Å². The van der Waals surface area contributed by atoms with Crippen LogP contribution in [0.3, 0.4) is 0 Å². The molecule has 149 valence electrons. The topological polar surface area (TPSA) is 25.8 Å². The third-order valence-corrected chi connectivity index (χ3v) is 3.66. The number of nitrogens with zero attached hydrogens (tertiary/aromatic N) is 2. The van der Waals surface area contributed by atoms with E-state index in [4.69, 9.17) is 0 Å². The molecule has 0 fully saturated rings. The van der Waals surface area contributed by atoms with Crippen molar-refractivity contribution in [2.45, 2.75) is 0 Å². The van der Waals surface area contributed by atoms with Crippen LogP contribution in [0.25, 0.3) is 22.3 Å². The summed E-state index contributed by atoms with van der Waals surface area (Å²) in [7, 11) is 0. The first-order chi connectivity index (χ1) is 13.5. The number of hydrogen-bond acceptors (Lipinski definition) is 2. The van der Waals surface area contributed by atoms with Crippen LogP contribution in [0.15, 0.2) is 73.1 Å². The van der Waals surface area contributed by atoms with Gasteiger partial charge in [0.05, 0.1) is 11.6 Å². The van der Waals surface area contributed by atoms with Gasteiger partial charge in [0.2, 0.25) is 0 Å². The van der Waals surface area contributed by atoms with E-state index in [0.717, 1.165) is 12.1 Å². The number of rotatable bonds is 2. The molecule has 7 heteroatoms. The average Bonchev–Trinajstić information content (AvgIpc) is 2.70. The Hall–Kier alpha value is -2.89. The van der Waals surface area contributed by atoms with Crippen molar-refractivity contribution in [3.63, 3.8) is 0 Å². The summed E-state index contributed by atoms with van der Waals surface area (Å²) in [6.45, 7) is 0. The summed E-state index contributed by atoms with van der Waals surface area (Å²) in [6, 6.07) is 13.5. The van der Waals surface area contributed by atoms with Gasteiger partial charge >= 0.3 is 0 Å². The zero-order valence-electron chi connectivity index (χ0n) is 14.7. The summed E-state index contributed by atoms with van der Waals surface area (Å²) < 4.78 is 51.7. The van der Waals surface area contributed by atoms with Crippen LogP contribution in [0.4, 0.5) is 17.6 Å². The largest absolute Gasteiger partial charge is 0.360 e. The van der Waals surface area contributed by atoms with Gasteiger partial charge in [0.25, 0.3) is 0 Å². The van der Waals surface area contributed by atoms with Crippen molar-refractivity contribution < 1.29 is 37.7 Å². The molecule has 4 aromatic rings. The zero-order chi connectivity index (χ0) is 19.9. The van der Waals surface area contributed by atoms with Gasteiger partial charge < -0.3 is 9.97 Å². The minimum Gasteiger partial charge on any atom is -0.360 e. The number of hydrogen-bond donors (Lipinski definition) is 0. The first-order valence-electron chi connectivity index (χ1n) is 8.11. The fraction of sp³-hybridized carbons (Fsp3) is 0. The van der Waals surface area contributed by atoms with Gasteiger partial charge in [-0.2, -0.15) is 0 Å². The van der Waals surface area contributed by atoms with Crippen molar-refractivity contribution in [3.8, 4) is 22.3 Å². The summed E-state index contributed by atoms with van der Waals surface area (Å²) in [5, 5.41) is 0. The summed E-state index contributed by atoms with van der Waals surface area (Å²) in [5.41, 5.74) is 1.65. The van der Waals surface area contributed by atoms with Gasteiger partial charge in [0.1, 0.15) is 11.6 Å². The normalized spacial score (nSPS) is 9.79. The molecule has 0 unspecified atom stereocenters. The molecule has 2 heterocycles. The maximum atomic E-state index is 13.2. The number of pyridine rings is 2. The van der Waals surface area contributed by atoms with Gasteiger partial charge in [-0.1, -0.05) is 35.7 Å². The predicted octanol–water partition coefficient (Wildman–Crippen LogP) is 5.65. The van der Waals surface area contributed by atoms with Gasteiger partial charge in [0.15, 0.2) is 0 Å². The Bertz CT molecular complexity index is 974. The Morgan fingerprint density at radius 1 is 0.586 bits per heavy atom. The zero-order valence-corrected chi connectivity index (χ0v) is 17.1. The maximum Gasteiger partial charge on any atom is 0.124 e. The van der Waals surface area contributed by atoms with Gasteiger partial charge in [-0.15, -0.1) is 35.4 Å². The van der Waals surface area contributed by atoms with E-state index in [1.807, 2.05) is 0 Å². The SMILES string of the molecule is Fc1ccc(-c2[c-]nccc2)c(F)c1.Fc1ccc(-c2[c-]nccc2)c(F)c1.[Ir]. The fourth-order valence-electron chi connectivity index (χ4n) is 2.37. The quantitative estimate of drug-likeness (QED) is 0.229. The minimum atomic E-state index is -0.603. The molecule has 0 aliphatic heterocycles. The summed E-state index contributed by atoms with van der Waals surface area (Å²) >= 11 is 0. The van der Waals surface area contributed by atoms with E-state index in [9.17, 15) is 17.6 Å². The van der Waals surface area contributed by atoms with Gasteiger partial charge in [-0.3, -0.25) is 0 Å². The van der Waals surface area contributed by atoms with Gasteiger partial charge in [-0.05, 0) is 24.5 Å². The molecule has 0 aliphatic carbocycles. The fourth-order valence-corrected chi connectivity index (χ4v) is 2.37. The third-order valence-electron chi connectivity index (χ3n) is 3.66. The maximum absolute atomic E-state index is 13.2. The predicted molar refractivity (Wildman–Crippen MR) is 96.8 cm³/mol. The molecular formula is C22H12F4IrN2-2. The molecule has 0 amide bonds. The number of aromatic nitrogens is 2. The van der Waals surface area contributed by atoms with Crippen molar-refractivity contribution in [2.24, 2.45) is 0 Å². The Kier molecular flexibility index (Phi) is 8.19. The number of halogens is 4. The summed E-state index contributed by atoms with van der Waals surface area (Å²) in [4.78, 5) is 7.48. The van der Waals surface area contributed by atoms with E-state index >= 15 is 0 Å². The minimum absolute atomic E-state index is 0. The second-order valence-electron chi connectivity index (χ2n) is 5.57. The van der Waals surface area contributed by atoms with Crippen LogP contribution in [0, 0.1) is 35.7 Å². The van der Waals surface area contributed by atoms with Gasteiger partial charge in [-0.25, -0.2) is 17.6 Å². The molecule has 29 heavy (non-hydrogen) atoms. The van der Waals surface area contributed by atoms with Gasteiger partial charge in [0, 0.05) is 32.2 Å². The Balaban J connectivity index is 0.000000200. The van der Waals surface area contributed by atoms with E-state index in [-0.39, 0.29) is 20.1 Å². The molecule has 0 atom stereocenters. The van der Waals surface area contributed by atoms with Crippen LogP contribution in [0.1, 0.15) is 0 Å².